The lowest BCUT2D eigenvalue weighted by molar-refractivity contribution is 0.524. The molecule has 2 nitrogen and oxygen atoms in total. The highest BCUT2D eigenvalue weighted by Gasteiger charge is 2.16. The summed E-state index contributed by atoms with van der Waals surface area (Å²) >= 11 is 1.73. The fourth-order valence-electron chi connectivity index (χ4n) is 1.83. The Labute approximate surface area is 112 Å². The molecule has 0 aliphatic rings. The van der Waals surface area contributed by atoms with E-state index in [0.717, 1.165) is 5.56 Å². The number of rotatable bonds is 4. The van der Waals surface area contributed by atoms with Gasteiger partial charge in [0.25, 0.3) is 0 Å². The number of benzene rings is 1. The van der Waals surface area contributed by atoms with E-state index in [1.807, 2.05) is 30.3 Å². The molecule has 0 spiro atoms. The van der Waals surface area contributed by atoms with Crippen molar-refractivity contribution in [2.75, 3.05) is 0 Å². The molecule has 1 atom stereocenters. The first-order valence-electron chi connectivity index (χ1n) is 6.10. The summed E-state index contributed by atoms with van der Waals surface area (Å²) < 4.78 is 0. The summed E-state index contributed by atoms with van der Waals surface area (Å²) in [4.78, 5) is 5.96. The van der Waals surface area contributed by atoms with Crippen LogP contribution in [0.25, 0.3) is 0 Å². The van der Waals surface area contributed by atoms with Crippen molar-refractivity contribution in [2.24, 2.45) is 16.6 Å². The third-order valence-corrected chi connectivity index (χ3v) is 3.76. The Bertz CT molecular complexity index is 501. The minimum Gasteiger partial charge on any atom is -0.383 e. The Morgan fingerprint density at radius 3 is 2.39 bits per heavy atom. The molecular weight excluding hydrogens is 240 g/mol. The highest BCUT2D eigenvalue weighted by molar-refractivity contribution is 7.10. The highest BCUT2D eigenvalue weighted by atomic mass is 32.1. The van der Waals surface area contributed by atoms with Crippen molar-refractivity contribution in [1.29, 1.82) is 0 Å². The largest absolute Gasteiger partial charge is 0.383 e. The van der Waals surface area contributed by atoms with Crippen LogP contribution in [0.5, 0.6) is 0 Å². The van der Waals surface area contributed by atoms with Gasteiger partial charge in [0.05, 0.1) is 6.04 Å². The van der Waals surface area contributed by atoms with Gasteiger partial charge >= 0.3 is 0 Å². The Morgan fingerprint density at radius 2 is 1.83 bits per heavy atom. The van der Waals surface area contributed by atoms with Gasteiger partial charge in [0.2, 0.25) is 0 Å². The van der Waals surface area contributed by atoms with Gasteiger partial charge in [-0.2, -0.15) is 0 Å². The molecule has 18 heavy (non-hydrogen) atoms. The van der Waals surface area contributed by atoms with Gasteiger partial charge in [0.15, 0.2) is 0 Å². The molecule has 2 N–H and O–H groups in total. The van der Waals surface area contributed by atoms with Crippen LogP contribution in [-0.4, -0.2) is 5.84 Å². The van der Waals surface area contributed by atoms with E-state index in [-0.39, 0.29) is 6.04 Å². The zero-order valence-corrected chi connectivity index (χ0v) is 11.5. The number of hydrogen-bond donors (Lipinski definition) is 1. The van der Waals surface area contributed by atoms with Crippen LogP contribution in [0.1, 0.15) is 30.3 Å². The zero-order chi connectivity index (χ0) is 13.0. The molecule has 0 amide bonds. The van der Waals surface area contributed by atoms with E-state index in [2.05, 4.69) is 31.4 Å². The summed E-state index contributed by atoms with van der Waals surface area (Å²) in [6.07, 6.45) is 0. The summed E-state index contributed by atoms with van der Waals surface area (Å²) in [5.74, 6) is 1.05. The molecular formula is C15H18N2S. The maximum Gasteiger partial charge on any atom is 0.126 e. The van der Waals surface area contributed by atoms with Gasteiger partial charge in [0, 0.05) is 10.4 Å². The maximum atomic E-state index is 6.09. The SMILES string of the molecule is CC(C)C(N=C(N)c1ccccc1)c1cccs1. The smallest absolute Gasteiger partial charge is 0.126 e. The van der Waals surface area contributed by atoms with Crippen molar-refractivity contribution in [3.8, 4) is 0 Å². The Kier molecular flexibility index (Phi) is 4.15. The predicted molar refractivity (Wildman–Crippen MR) is 79.1 cm³/mol. The first-order valence-corrected chi connectivity index (χ1v) is 6.98. The summed E-state index contributed by atoms with van der Waals surface area (Å²) in [6.45, 7) is 4.35. The van der Waals surface area contributed by atoms with Gasteiger partial charge in [-0.15, -0.1) is 11.3 Å². The number of nitrogens with zero attached hydrogens (tertiary/aromatic N) is 1. The van der Waals surface area contributed by atoms with Crippen LogP contribution in [0.2, 0.25) is 0 Å². The van der Waals surface area contributed by atoms with Crippen LogP contribution in [-0.2, 0) is 0 Å². The highest BCUT2D eigenvalue weighted by Crippen LogP contribution is 2.29. The van der Waals surface area contributed by atoms with Gasteiger partial charge in [-0.25, -0.2) is 0 Å². The van der Waals surface area contributed by atoms with Crippen molar-refractivity contribution < 1.29 is 0 Å². The summed E-state index contributed by atoms with van der Waals surface area (Å²) in [7, 11) is 0. The third kappa shape index (κ3) is 2.99. The molecule has 0 aliphatic heterocycles. The molecule has 0 bridgehead atoms. The van der Waals surface area contributed by atoms with Crippen LogP contribution in [0.4, 0.5) is 0 Å². The Hall–Kier alpha value is -1.61. The average molecular weight is 258 g/mol. The first-order chi connectivity index (χ1) is 8.68. The standard InChI is InChI=1S/C15H18N2S/c1-11(2)14(13-9-6-10-18-13)17-15(16)12-7-4-3-5-8-12/h3-11,14H,1-2H3,(H2,16,17). The van der Waals surface area contributed by atoms with Crippen LogP contribution in [0, 0.1) is 5.92 Å². The molecule has 1 aromatic carbocycles. The minimum absolute atomic E-state index is 0.144. The quantitative estimate of drug-likeness (QED) is 0.656. The second-order valence-electron chi connectivity index (χ2n) is 4.58. The van der Waals surface area contributed by atoms with Gasteiger partial charge in [-0.1, -0.05) is 50.2 Å². The Balaban J connectivity index is 2.29. The van der Waals surface area contributed by atoms with E-state index in [4.69, 9.17) is 10.7 Å². The average Bonchev–Trinajstić information content (AvgIpc) is 2.90. The summed E-state index contributed by atoms with van der Waals surface area (Å²) in [5.41, 5.74) is 7.08. The van der Waals surface area contributed by atoms with Gasteiger partial charge in [0.1, 0.15) is 5.84 Å². The van der Waals surface area contributed by atoms with Crippen LogP contribution in [0.3, 0.4) is 0 Å². The molecule has 3 heteroatoms. The normalized spacial score (nSPS) is 13.8. The summed E-state index contributed by atoms with van der Waals surface area (Å²) in [6, 6.07) is 14.2. The fraction of sp³-hybridized carbons (Fsp3) is 0.267. The molecule has 0 saturated heterocycles. The molecule has 2 rings (SSSR count). The molecule has 0 radical (unpaired) electrons. The predicted octanol–water partition coefficient (Wildman–Crippen LogP) is 3.85. The molecule has 1 heterocycles. The van der Waals surface area contributed by atoms with E-state index >= 15 is 0 Å². The second-order valence-corrected chi connectivity index (χ2v) is 5.56. The third-order valence-electron chi connectivity index (χ3n) is 2.81. The molecule has 94 valence electrons. The molecule has 0 saturated carbocycles. The number of hydrogen-bond acceptors (Lipinski definition) is 2. The second kappa shape index (κ2) is 5.83. The van der Waals surface area contributed by atoms with Crippen LogP contribution >= 0.6 is 11.3 Å². The molecule has 2 aromatic rings. The van der Waals surface area contributed by atoms with E-state index in [0.29, 0.717) is 11.8 Å². The maximum absolute atomic E-state index is 6.09. The lowest BCUT2D eigenvalue weighted by Crippen LogP contribution is -2.16. The van der Waals surface area contributed by atoms with Gasteiger partial charge < -0.3 is 5.73 Å². The van der Waals surface area contributed by atoms with Crippen molar-refractivity contribution in [1.82, 2.24) is 0 Å². The lowest BCUT2D eigenvalue weighted by atomic mass is 10.0. The van der Waals surface area contributed by atoms with Crippen LogP contribution in [0.15, 0.2) is 52.8 Å². The van der Waals surface area contributed by atoms with Gasteiger partial charge in [-0.3, -0.25) is 4.99 Å². The molecule has 1 aromatic heterocycles. The topological polar surface area (TPSA) is 38.4 Å². The number of amidine groups is 1. The monoisotopic (exact) mass is 258 g/mol. The number of nitrogens with two attached hydrogens (primary N) is 1. The lowest BCUT2D eigenvalue weighted by Gasteiger charge is -2.16. The minimum atomic E-state index is 0.144. The van der Waals surface area contributed by atoms with Gasteiger partial charge in [-0.05, 0) is 17.4 Å². The number of aliphatic imine (C=N–C) groups is 1. The first kappa shape index (κ1) is 12.8. The van der Waals surface area contributed by atoms with E-state index in [9.17, 15) is 0 Å². The van der Waals surface area contributed by atoms with Crippen LogP contribution < -0.4 is 5.73 Å². The van der Waals surface area contributed by atoms with Crippen molar-refractivity contribution >= 4 is 17.2 Å². The Morgan fingerprint density at radius 1 is 1.11 bits per heavy atom. The van der Waals surface area contributed by atoms with Crippen molar-refractivity contribution in [2.45, 2.75) is 19.9 Å². The molecule has 0 aliphatic carbocycles. The van der Waals surface area contributed by atoms with Crippen molar-refractivity contribution in [3.63, 3.8) is 0 Å². The molecule has 0 fully saturated rings. The van der Waals surface area contributed by atoms with E-state index in [1.165, 1.54) is 4.88 Å². The fourth-order valence-corrected chi connectivity index (χ4v) is 2.77. The zero-order valence-electron chi connectivity index (χ0n) is 10.7. The molecule has 1 unspecified atom stereocenters. The van der Waals surface area contributed by atoms with E-state index in [1.54, 1.807) is 11.3 Å². The number of thiophene rings is 1. The van der Waals surface area contributed by atoms with Crippen molar-refractivity contribution in [3.05, 3.63) is 58.3 Å². The van der Waals surface area contributed by atoms with E-state index < -0.39 is 0 Å². The summed E-state index contributed by atoms with van der Waals surface area (Å²) in [5, 5.41) is 2.08.